The predicted molar refractivity (Wildman–Crippen MR) is 190 cm³/mol. The topological polar surface area (TPSA) is 105 Å². The van der Waals surface area contributed by atoms with Gasteiger partial charge in [0.2, 0.25) is 0 Å². The van der Waals surface area contributed by atoms with Gasteiger partial charge in [0, 0.05) is 11.8 Å². The predicted octanol–water partition coefficient (Wildman–Crippen LogP) is 7.35. The molecule has 8 nitrogen and oxygen atoms in total. The molecule has 2 aliphatic heterocycles. The van der Waals surface area contributed by atoms with Gasteiger partial charge in [0.25, 0.3) is 0 Å². The standard InChI is InChI=1S/C36H26O8S4/c1-41-33(37)29-30(34(38)42-2)46-23(45-29)15-17-13-14-18(16-24-47-31(35(39)43-3)32(48-24)36(40)44-4)26-25(17)27-19-9-5-7-11-21(19)28(26)22-12-8-6-10-20(22)27/h5-16,27-28H,1-4H3. The molecule has 8 rings (SSSR count). The lowest BCUT2D eigenvalue weighted by Crippen LogP contribution is -2.29. The van der Waals surface area contributed by atoms with E-state index >= 15 is 0 Å². The van der Waals surface area contributed by atoms with Gasteiger partial charge in [-0.1, -0.05) is 108 Å². The SMILES string of the molecule is COC(=O)C1=C(C(=O)OC)SC(=Cc2ccc(C=C3SC(C(=O)OC)=C(C(=O)OC)S3)c3c2C2c4ccccc4C3c3ccccc32)S1. The van der Waals surface area contributed by atoms with Crippen molar-refractivity contribution in [2.75, 3.05) is 28.4 Å². The summed E-state index contributed by atoms with van der Waals surface area (Å²) in [6.07, 6.45) is 4.03. The van der Waals surface area contributed by atoms with Crippen LogP contribution in [0, 0.1) is 0 Å². The fourth-order valence-corrected chi connectivity index (χ4v) is 11.3. The van der Waals surface area contributed by atoms with Gasteiger partial charge in [0.05, 0.1) is 36.9 Å². The van der Waals surface area contributed by atoms with Crippen molar-refractivity contribution in [3.63, 3.8) is 0 Å². The molecule has 2 bridgehead atoms. The summed E-state index contributed by atoms with van der Waals surface area (Å²) in [7, 11) is 5.13. The highest BCUT2D eigenvalue weighted by atomic mass is 32.2. The average Bonchev–Trinajstić information content (AvgIpc) is 3.75. The lowest BCUT2D eigenvalue weighted by molar-refractivity contribution is -0.138. The van der Waals surface area contributed by atoms with Crippen LogP contribution in [-0.4, -0.2) is 52.3 Å². The molecule has 0 radical (unpaired) electrons. The van der Waals surface area contributed by atoms with Gasteiger partial charge in [-0.05, 0) is 56.7 Å². The first-order chi connectivity index (χ1) is 23.3. The molecule has 0 aromatic heterocycles. The molecule has 0 unspecified atom stereocenters. The summed E-state index contributed by atoms with van der Waals surface area (Å²) >= 11 is 4.76. The molecule has 3 aliphatic carbocycles. The van der Waals surface area contributed by atoms with Gasteiger partial charge < -0.3 is 18.9 Å². The zero-order valence-corrected chi connectivity index (χ0v) is 29.2. The Hall–Kier alpha value is -4.10. The van der Waals surface area contributed by atoms with Crippen LogP contribution in [-0.2, 0) is 38.1 Å². The quantitative estimate of drug-likeness (QED) is 0.130. The van der Waals surface area contributed by atoms with Crippen LogP contribution in [0.15, 0.2) is 88.8 Å². The molecule has 5 aliphatic rings. The molecular formula is C36H26O8S4. The number of benzene rings is 3. The second kappa shape index (κ2) is 13.1. The average molecular weight is 715 g/mol. The Kier molecular flexibility index (Phi) is 8.84. The minimum Gasteiger partial charge on any atom is -0.465 e. The van der Waals surface area contributed by atoms with Crippen LogP contribution in [0.1, 0.15) is 56.3 Å². The van der Waals surface area contributed by atoms with Crippen LogP contribution in [0.3, 0.4) is 0 Å². The van der Waals surface area contributed by atoms with Crippen LogP contribution < -0.4 is 0 Å². The minimum absolute atomic E-state index is 0.0783. The molecule has 0 atom stereocenters. The molecule has 0 N–H and O–H groups in total. The Morgan fingerprint density at radius 2 is 0.750 bits per heavy atom. The smallest absolute Gasteiger partial charge is 0.346 e. The highest BCUT2D eigenvalue weighted by molar-refractivity contribution is 8.30. The van der Waals surface area contributed by atoms with Crippen LogP contribution in [0.25, 0.3) is 12.2 Å². The van der Waals surface area contributed by atoms with Crippen molar-refractivity contribution in [1.82, 2.24) is 0 Å². The normalized spacial score (nSPS) is 18.6. The lowest BCUT2D eigenvalue weighted by Gasteiger charge is -2.43. The summed E-state index contributed by atoms with van der Waals surface area (Å²) in [5, 5.41) is 0. The maximum absolute atomic E-state index is 12.6. The first kappa shape index (κ1) is 32.4. The minimum atomic E-state index is -0.597. The third kappa shape index (κ3) is 5.31. The third-order valence-corrected chi connectivity index (χ3v) is 13.3. The summed E-state index contributed by atoms with van der Waals surface area (Å²) in [6.45, 7) is 0. The number of thioether (sulfide) groups is 4. The molecule has 0 saturated heterocycles. The fourth-order valence-electron chi connectivity index (χ4n) is 6.51. The van der Waals surface area contributed by atoms with E-state index in [0.29, 0.717) is 0 Å². The van der Waals surface area contributed by atoms with Crippen LogP contribution >= 0.6 is 47.0 Å². The number of esters is 4. The molecule has 12 heteroatoms. The Balaban J connectivity index is 1.40. The molecule has 0 spiro atoms. The van der Waals surface area contributed by atoms with Crippen molar-refractivity contribution < 1.29 is 38.1 Å². The molecule has 48 heavy (non-hydrogen) atoms. The lowest BCUT2D eigenvalue weighted by atomic mass is 9.59. The van der Waals surface area contributed by atoms with E-state index in [9.17, 15) is 19.2 Å². The summed E-state index contributed by atoms with van der Waals surface area (Å²) in [5.41, 5.74) is 9.03. The number of hydrogen-bond acceptors (Lipinski definition) is 12. The van der Waals surface area contributed by atoms with Crippen molar-refractivity contribution in [2.45, 2.75) is 11.8 Å². The second-order valence-corrected chi connectivity index (χ2v) is 15.5. The number of carbonyl (C=O) groups excluding carboxylic acids is 4. The first-order valence-corrected chi connectivity index (χ1v) is 17.9. The van der Waals surface area contributed by atoms with Gasteiger partial charge >= 0.3 is 23.9 Å². The number of methoxy groups -OCH3 is 4. The fraction of sp³-hybridized carbons (Fsp3) is 0.167. The van der Waals surface area contributed by atoms with E-state index in [1.807, 2.05) is 24.3 Å². The van der Waals surface area contributed by atoms with Crippen LogP contribution in [0.2, 0.25) is 0 Å². The second-order valence-electron chi connectivity index (χ2n) is 10.8. The van der Waals surface area contributed by atoms with E-state index < -0.39 is 23.9 Å². The highest BCUT2D eigenvalue weighted by Crippen LogP contribution is 2.59. The van der Waals surface area contributed by atoms with Crippen molar-refractivity contribution in [1.29, 1.82) is 0 Å². The van der Waals surface area contributed by atoms with E-state index in [1.54, 1.807) is 0 Å². The van der Waals surface area contributed by atoms with Gasteiger partial charge in [-0.2, -0.15) is 0 Å². The summed E-state index contributed by atoms with van der Waals surface area (Å²) in [4.78, 5) is 51.2. The van der Waals surface area contributed by atoms with Crippen molar-refractivity contribution in [3.05, 3.63) is 133 Å². The molecular weight excluding hydrogens is 689 g/mol. The third-order valence-electron chi connectivity index (χ3n) is 8.42. The molecule has 0 fully saturated rings. The number of ether oxygens (including phenoxy) is 4. The molecule has 3 aromatic rings. The molecule has 2 heterocycles. The zero-order valence-electron chi connectivity index (χ0n) is 26.0. The van der Waals surface area contributed by atoms with Crippen LogP contribution in [0.4, 0.5) is 0 Å². The van der Waals surface area contributed by atoms with Crippen molar-refractivity contribution in [3.8, 4) is 0 Å². The maximum Gasteiger partial charge on any atom is 0.346 e. The van der Waals surface area contributed by atoms with Gasteiger partial charge in [-0.3, -0.25) is 0 Å². The number of hydrogen-bond donors (Lipinski definition) is 0. The molecule has 0 amide bonds. The van der Waals surface area contributed by atoms with Gasteiger partial charge in [-0.25, -0.2) is 19.2 Å². The molecule has 3 aromatic carbocycles. The van der Waals surface area contributed by atoms with E-state index in [0.717, 1.165) is 30.7 Å². The zero-order chi connectivity index (χ0) is 33.7. The Bertz CT molecular complexity index is 1820. The van der Waals surface area contributed by atoms with E-state index in [2.05, 4.69) is 48.5 Å². The van der Waals surface area contributed by atoms with Crippen molar-refractivity contribution in [2.24, 2.45) is 0 Å². The summed E-state index contributed by atoms with van der Waals surface area (Å²) < 4.78 is 21.3. The number of carbonyl (C=O) groups is 4. The highest BCUT2D eigenvalue weighted by Gasteiger charge is 2.44. The van der Waals surface area contributed by atoms with Gasteiger partial charge in [-0.15, -0.1) is 0 Å². The van der Waals surface area contributed by atoms with E-state index in [1.165, 1.54) is 97.7 Å². The largest absolute Gasteiger partial charge is 0.465 e. The van der Waals surface area contributed by atoms with E-state index in [4.69, 9.17) is 18.9 Å². The Morgan fingerprint density at radius 3 is 1.00 bits per heavy atom. The maximum atomic E-state index is 12.6. The summed E-state index contributed by atoms with van der Waals surface area (Å²) in [5.74, 6) is -2.55. The van der Waals surface area contributed by atoms with Crippen LogP contribution in [0.5, 0.6) is 0 Å². The Morgan fingerprint density at radius 1 is 0.479 bits per heavy atom. The molecule has 242 valence electrons. The Labute approximate surface area is 293 Å². The monoisotopic (exact) mass is 714 g/mol. The number of rotatable bonds is 6. The van der Waals surface area contributed by atoms with Gasteiger partial charge in [0.15, 0.2) is 0 Å². The summed E-state index contributed by atoms with van der Waals surface area (Å²) in [6, 6.07) is 21.0. The molecule has 0 saturated carbocycles. The van der Waals surface area contributed by atoms with E-state index in [-0.39, 0.29) is 31.5 Å². The van der Waals surface area contributed by atoms with Gasteiger partial charge in [0.1, 0.15) is 19.6 Å². The van der Waals surface area contributed by atoms with Crippen molar-refractivity contribution >= 4 is 83.1 Å². The first-order valence-electron chi connectivity index (χ1n) is 14.6.